The molecule has 2 aromatic heterocycles. The Kier molecular flexibility index (Phi) is 6.03. The molecule has 39 heavy (non-hydrogen) atoms. The molecule has 0 bridgehead atoms. The number of aromatic nitrogens is 2. The van der Waals surface area contributed by atoms with E-state index in [0.717, 1.165) is 67.7 Å². The van der Waals surface area contributed by atoms with Gasteiger partial charge in [0.25, 0.3) is 5.56 Å². The Bertz CT molecular complexity index is 1540. The van der Waals surface area contributed by atoms with Crippen LogP contribution in [0.5, 0.6) is 11.5 Å². The number of likely N-dealkylation sites (N-methyl/N-ethyl adjacent to an activating group) is 1. The van der Waals surface area contributed by atoms with E-state index in [-0.39, 0.29) is 19.0 Å². The minimum atomic E-state index is -1.48. The topological polar surface area (TPSA) is 118 Å². The SMILES string of the molecule is CN1CCN(CCCNCc2c3c(nc4cc5c(cc24)OCO5)-c2cc4c(c(=O)n2C3)COC(=O)[C@H]4O)CC1. The molecule has 0 spiro atoms. The fourth-order valence-electron chi connectivity index (χ4n) is 6.01. The molecule has 0 unspecified atom stereocenters. The van der Waals surface area contributed by atoms with Gasteiger partial charge in [-0.3, -0.25) is 4.79 Å². The number of esters is 1. The number of nitrogens with one attached hydrogen (secondary N) is 1. The van der Waals surface area contributed by atoms with Crippen LogP contribution in [0.1, 0.15) is 34.8 Å². The quantitative estimate of drug-likeness (QED) is 0.274. The van der Waals surface area contributed by atoms with Crippen molar-refractivity contribution in [2.45, 2.75) is 32.2 Å². The molecule has 11 heteroatoms. The minimum absolute atomic E-state index is 0.140. The Morgan fingerprint density at radius 2 is 1.85 bits per heavy atom. The van der Waals surface area contributed by atoms with Crippen molar-refractivity contribution in [3.8, 4) is 22.9 Å². The predicted molar refractivity (Wildman–Crippen MR) is 142 cm³/mol. The second-order valence-corrected chi connectivity index (χ2v) is 10.7. The smallest absolute Gasteiger partial charge is 0.340 e. The van der Waals surface area contributed by atoms with Crippen LogP contribution in [0.25, 0.3) is 22.3 Å². The second kappa shape index (κ2) is 9.60. The zero-order chi connectivity index (χ0) is 26.7. The number of carbonyl (C=O) groups is 1. The first-order valence-corrected chi connectivity index (χ1v) is 13.5. The molecular weight excluding hydrogens is 502 g/mol. The number of fused-ring (bicyclic) bond motifs is 6. The molecule has 0 radical (unpaired) electrons. The Hall–Kier alpha value is -3.51. The van der Waals surface area contributed by atoms with Crippen LogP contribution in [0.4, 0.5) is 0 Å². The van der Waals surface area contributed by atoms with E-state index in [1.54, 1.807) is 10.6 Å². The molecule has 3 aromatic rings. The maximum atomic E-state index is 13.4. The molecular formula is C28H31N5O6. The van der Waals surface area contributed by atoms with E-state index in [0.29, 0.717) is 47.1 Å². The molecule has 4 aliphatic rings. The van der Waals surface area contributed by atoms with Gasteiger partial charge in [-0.15, -0.1) is 0 Å². The molecule has 1 aromatic carbocycles. The van der Waals surface area contributed by atoms with Gasteiger partial charge >= 0.3 is 5.97 Å². The van der Waals surface area contributed by atoms with Gasteiger partial charge in [0, 0.05) is 55.3 Å². The van der Waals surface area contributed by atoms with E-state index in [9.17, 15) is 14.7 Å². The van der Waals surface area contributed by atoms with Crippen molar-refractivity contribution in [1.29, 1.82) is 0 Å². The molecule has 1 fully saturated rings. The summed E-state index contributed by atoms with van der Waals surface area (Å²) in [5.74, 6) is 0.577. The minimum Gasteiger partial charge on any atom is -0.458 e. The first-order chi connectivity index (χ1) is 19.0. The fraction of sp³-hybridized carbons (Fsp3) is 0.464. The van der Waals surface area contributed by atoms with Crippen molar-refractivity contribution in [3.05, 3.63) is 50.8 Å². The highest BCUT2D eigenvalue weighted by Gasteiger charge is 2.35. The number of aliphatic hydroxyl groups excluding tert-OH is 1. The maximum Gasteiger partial charge on any atom is 0.340 e. The Balaban J connectivity index is 1.22. The normalized spacial score (nSPS) is 20.2. The molecule has 0 amide bonds. The van der Waals surface area contributed by atoms with Crippen molar-refractivity contribution in [1.82, 2.24) is 24.7 Å². The van der Waals surface area contributed by atoms with Gasteiger partial charge in [-0.1, -0.05) is 0 Å². The summed E-state index contributed by atoms with van der Waals surface area (Å²) >= 11 is 0. The number of cyclic esters (lactones) is 1. The number of hydrogen-bond acceptors (Lipinski definition) is 10. The largest absolute Gasteiger partial charge is 0.458 e. The number of pyridine rings is 2. The van der Waals surface area contributed by atoms with Gasteiger partial charge < -0.3 is 39.0 Å². The van der Waals surface area contributed by atoms with Crippen molar-refractivity contribution in [3.63, 3.8) is 0 Å². The third kappa shape index (κ3) is 4.17. The number of ether oxygens (including phenoxy) is 3. The lowest BCUT2D eigenvalue weighted by molar-refractivity contribution is -0.157. The number of rotatable bonds is 6. The summed E-state index contributed by atoms with van der Waals surface area (Å²) in [6.45, 7) is 7.35. The number of aliphatic hydroxyl groups is 1. The standard InChI is InChI=1S/C28H31N5O6/c1-31-5-7-32(8-6-31)4-2-3-29-12-18-16-10-23-24(39-15-38-23)11-21(16)30-25-19(18)13-33-22(25)9-17-20(27(33)35)14-37-28(36)26(17)34/h9-11,26,29,34H,2-8,12-15H2,1H3/t26-/m0/s1. The van der Waals surface area contributed by atoms with Gasteiger partial charge in [0.2, 0.25) is 6.79 Å². The van der Waals surface area contributed by atoms with Gasteiger partial charge in [-0.2, -0.15) is 0 Å². The van der Waals surface area contributed by atoms with Gasteiger partial charge in [-0.25, -0.2) is 9.78 Å². The highest BCUT2D eigenvalue weighted by atomic mass is 16.7. The summed E-state index contributed by atoms with van der Waals surface area (Å²) < 4.78 is 18.0. The van der Waals surface area contributed by atoms with E-state index >= 15 is 0 Å². The van der Waals surface area contributed by atoms with Crippen LogP contribution in [0.15, 0.2) is 23.0 Å². The molecule has 0 saturated carbocycles. The summed E-state index contributed by atoms with van der Waals surface area (Å²) in [5, 5.41) is 15.0. The van der Waals surface area contributed by atoms with Gasteiger partial charge in [-0.05, 0) is 44.3 Å². The Morgan fingerprint density at radius 3 is 2.67 bits per heavy atom. The predicted octanol–water partition coefficient (Wildman–Crippen LogP) is 0.971. The monoisotopic (exact) mass is 533 g/mol. The van der Waals surface area contributed by atoms with E-state index in [2.05, 4.69) is 22.2 Å². The fourth-order valence-corrected chi connectivity index (χ4v) is 6.01. The average Bonchev–Trinajstić information content (AvgIpc) is 3.55. The van der Waals surface area contributed by atoms with Crippen LogP contribution >= 0.6 is 0 Å². The average molecular weight is 534 g/mol. The van der Waals surface area contributed by atoms with E-state index in [4.69, 9.17) is 19.2 Å². The molecule has 1 saturated heterocycles. The first-order valence-electron chi connectivity index (χ1n) is 13.5. The molecule has 4 aliphatic heterocycles. The summed E-state index contributed by atoms with van der Waals surface area (Å²) in [5.41, 5.74) is 4.37. The lowest BCUT2D eigenvalue weighted by atomic mass is 9.98. The van der Waals surface area contributed by atoms with Crippen LogP contribution in [-0.2, 0) is 29.2 Å². The zero-order valence-electron chi connectivity index (χ0n) is 21.9. The zero-order valence-corrected chi connectivity index (χ0v) is 21.9. The van der Waals surface area contributed by atoms with Gasteiger partial charge in [0.1, 0.15) is 6.61 Å². The molecule has 11 nitrogen and oxygen atoms in total. The molecule has 0 aliphatic carbocycles. The van der Waals surface area contributed by atoms with E-state index < -0.39 is 12.1 Å². The van der Waals surface area contributed by atoms with Crippen molar-refractivity contribution in [2.75, 3.05) is 53.1 Å². The first kappa shape index (κ1) is 24.5. The number of carbonyl (C=O) groups excluding carboxylic acids is 1. The molecule has 7 rings (SSSR count). The number of benzene rings is 1. The highest BCUT2D eigenvalue weighted by molar-refractivity contribution is 5.91. The van der Waals surface area contributed by atoms with Crippen LogP contribution in [0.2, 0.25) is 0 Å². The maximum absolute atomic E-state index is 13.4. The number of piperazine rings is 1. The lowest BCUT2D eigenvalue weighted by Gasteiger charge is -2.32. The van der Waals surface area contributed by atoms with Crippen molar-refractivity contribution in [2.24, 2.45) is 0 Å². The Labute approximate surface area is 224 Å². The molecule has 2 N–H and O–H groups in total. The van der Waals surface area contributed by atoms with Crippen LogP contribution in [0.3, 0.4) is 0 Å². The van der Waals surface area contributed by atoms with E-state index in [1.165, 1.54) is 0 Å². The summed E-state index contributed by atoms with van der Waals surface area (Å²) in [6.07, 6.45) is -0.438. The van der Waals surface area contributed by atoms with Crippen molar-refractivity contribution >= 4 is 16.9 Å². The molecule has 204 valence electrons. The van der Waals surface area contributed by atoms with E-state index in [1.807, 2.05) is 12.1 Å². The van der Waals surface area contributed by atoms with Gasteiger partial charge in [0.15, 0.2) is 17.6 Å². The third-order valence-electron chi connectivity index (χ3n) is 8.29. The highest BCUT2D eigenvalue weighted by Crippen LogP contribution is 2.42. The van der Waals surface area contributed by atoms with Gasteiger partial charge in [0.05, 0.1) is 29.0 Å². The third-order valence-corrected chi connectivity index (χ3v) is 8.29. The summed E-state index contributed by atoms with van der Waals surface area (Å²) in [6, 6.07) is 5.56. The molecule has 6 heterocycles. The summed E-state index contributed by atoms with van der Waals surface area (Å²) in [7, 11) is 2.17. The second-order valence-electron chi connectivity index (χ2n) is 10.7. The van der Waals surface area contributed by atoms with Crippen LogP contribution in [0, 0.1) is 0 Å². The van der Waals surface area contributed by atoms with Crippen LogP contribution in [-0.4, -0.2) is 83.5 Å². The molecule has 1 atom stereocenters. The summed E-state index contributed by atoms with van der Waals surface area (Å²) in [4.78, 5) is 35.3. The Morgan fingerprint density at radius 1 is 1.05 bits per heavy atom. The van der Waals surface area contributed by atoms with Crippen LogP contribution < -0.4 is 20.3 Å². The number of nitrogens with zero attached hydrogens (tertiary/aromatic N) is 4. The van der Waals surface area contributed by atoms with Crippen molar-refractivity contribution < 1.29 is 24.1 Å². The lowest BCUT2D eigenvalue weighted by Crippen LogP contribution is -2.45. The number of hydrogen-bond donors (Lipinski definition) is 2.